The van der Waals surface area contributed by atoms with Crippen LogP contribution in [0.5, 0.6) is 0 Å². The molecule has 1 N–H and O–H groups in total. The summed E-state index contributed by atoms with van der Waals surface area (Å²) in [5.41, 5.74) is 2.63. The molecule has 1 aromatic carbocycles. The second-order valence-corrected chi connectivity index (χ2v) is 7.42. The van der Waals surface area contributed by atoms with Gasteiger partial charge < -0.3 is 5.32 Å². The Labute approximate surface area is 132 Å². The second kappa shape index (κ2) is 5.52. The van der Waals surface area contributed by atoms with Gasteiger partial charge >= 0.3 is 0 Å². The van der Waals surface area contributed by atoms with Gasteiger partial charge in [0.2, 0.25) is 0 Å². The lowest BCUT2D eigenvalue weighted by molar-refractivity contribution is 0.476. The second-order valence-electron chi connectivity index (χ2n) is 5.48. The van der Waals surface area contributed by atoms with Crippen LogP contribution in [0.25, 0.3) is 20.7 Å². The lowest BCUT2D eigenvalue weighted by Crippen LogP contribution is -2.23. The quantitative estimate of drug-likeness (QED) is 0.735. The molecule has 2 aromatic heterocycles. The average Bonchev–Trinajstić information content (AvgIpc) is 3.11. The van der Waals surface area contributed by atoms with Crippen molar-refractivity contribution >= 4 is 32.8 Å². The topological polar surface area (TPSA) is 24.9 Å². The van der Waals surface area contributed by atoms with Crippen molar-refractivity contribution in [3.63, 3.8) is 0 Å². The molecule has 0 spiro atoms. The molecule has 2 heterocycles. The van der Waals surface area contributed by atoms with E-state index in [4.69, 9.17) is 4.98 Å². The van der Waals surface area contributed by atoms with Gasteiger partial charge in [0.15, 0.2) is 0 Å². The van der Waals surface area contributed by atoms with Crippen molar-refractivity contribution in [3.8, 4) is 10.6 Å². The zero-order valence-corrected chi connectivity index (χ0v) is 13.7. The predicted octanol–water partition coefficient (Wildman–Crippen LogP) is 5.01. The van der Waals surface area contributed by atoms with Crippen molar-refractivity contribution in [2.75, 3.05) is 6.54 Å². The number of rotatable bonds is 3. The molecule has 2 nitrogen and oxygen atoms in total. The maximum absolute atomic E-state index is 4.96. The largest absolute Gasteiger partial charge is 0.309 e. The van der Waals surface area contributed by atoms with Crippen LogP contribution < -0.4 is 5.32 Å². The molecule has 0 bridgehead atoms. The van der Waals surface area contributed by atoms with Crippen LogP contribution in [0.15, 0.2) is 29.6 Å². The van der Waals surface area contributed by atoms with Crippen LogP contribution in [-0.2, 0) is 6.42 Å². The van der Waals surface area contributed by atoms with Gasteiger partial charge in [0.25, 0.3) is 0 Å². The highest BCUT2D eigenvalue weighted by Crippen LogP contribution is 2.41. The molecule has 0 amide bonds. The van der Waals surface area contributed by atoms with Gasteiger partial charge in [-0.1, -0.05) is 25.1 Å². The zero-order valence-electron chi connectivity index (χ0n) is 12.1. The van der Waals surface area contributed by atoms with E-state index in [-0.39, 0.29) is 0 Å². The van der Waals surface area contributed by atoms with Crippen LogP contribution in [0.2, 0.25) is 0 Å². The van der Waals surface area contributed by atoms with Crippen LogP contribution in [0.4, 0.5) is 0 Å². The van der Waals surface area contributed by atoms with Crippen molar-refractivity contribution in [1.82, 2.24) is 10.3 Å². The summed E-state index contributed by atoms with van der Waals surface area (Å²) in [7, 11) is 0. The number of thiazole rings is 1. The number of nitrogens with zero attached hydrogens (tertiary/aromatic N) is 1. The van der Waals surface area contributed by atoms with Gasteiger partial charge in [-0.15, -0.1) is 22.7 Å². The van der Waals surface area contributed by atoms with E-state index in [0.29, 0.717) is 6.04 Å². The van der Waals surface area contributed by atoms with Crippen LogP contribution >= 0.6 is 22.7 Å². The summed E-state index contributed by atoms with van der Waals surface area (Å²) >= 11 is 3.71. The third-order valence-electron chi connectivity index (χ3n) is 4.11. The molecule has 3 aromatic rings. The summed E-state index contributed by atoms with van der Waals surface area (Å²) < 4.78 is 1.35. The fraction of sp³-hybridized carbons (Fsp3) is 0.353. The number of aromatic nitrogens is 1. The molecule has 21 heavy (non-hydrogen) atoms. The summed E-state index contributed by atoms with van der Waals surface area (Å²) in [5.74, 6) is 0. The number of fused-ring (bicyclic) bond motifs is 2. The lowest BCUT2D eigenvalue weighted by atomic mass is 9.98. The van der Waals surface area contributed by atoms with E-state index in [1.165, 1.54) is 44.1 Å². The Morgan fingerprint density at radius 3 is 3.14 bits per heavy atom. The highest BCUT2D eigenvalue weighted by atomic mass is 32.1. The van der Waals surface area contributed by atoms with Crippen LogP contribution in [0.3, 0.4) is 0 Å². The minimum atomic E-state index is 0.509. The molecule has 4 heteroatoms. The Morgan fingerprint density at radius 1 is 1.33 bits per heavy atom. The molecule has 0 radical (unpaired) electrons. The minimum Gasteiger partial charge on any atom is -0.309 e. The Hall–Kier alpha value is -1.23. The lowest BCUT2D eigenvalue weighted by Gasteiger charge is -2.21. The molecule has 108 valence electrons. The fourth-order valence-electron chi connectivity index (χ4n) is 3.12. The standard InChI is InChI=1S/C17H18N2S2/c1-2-18-13-7-5-8-14-16(13)21-17(19-14)12-10-20-15-9-4-3-6-11(12)15/h3-4,6,9-10,13,18H,2,5,7-8H2,1H3. The first-order chi connectivity index (χ1) is 10.4. The van der Waals surface area contributed by atoms with E-state index >= 15 is 0 Å². The van der Waals surface area contributed by atoms with Gasteiger partial charge in [-0.05, 0) is 31.9 Å². The summed E-state index contributed by atoms with van der Waals surface area (Å²) in [6.45, 7) is 3.21. The van der Waals surface area contributed by atoms with Gasteiger partial charge in [-0.3, -0.25) is 0 Å². The molecule has 0 aliphatic heterocycles. The Balaban J connectivity index is 1.80. The average molecular weight is 314 g/mol. The van der Waals surface area contributed by atoms with E-state index < -0.39 is 0 Å². The van der Waals surface area contributed by atoms with Crippen molar-refractivity contribution in [1.29, 1.82) is 0 Å². The van der Waals surface area contributed by atoms with E-state index in [2.05, 4.69) is 41.9 Å². The maximum Gasteiger partial charge on any atom is 0.125 e. The van der Waals surface area contributed by atoms with E-state index in [1.54, 1.807) is 0 Å². The SMILES string of the molecule is CCNC1CCCc2nc(-c3csc4ccccc34)sc21. The van der Waals surface area contributed by atoms with Gasteiger partial charge in [0.05, 0.1) is 5.69 Å². The monoisotopic (exact) mass is 314 g/mol. The molecule has 1 unspecified atom stereocenters. The molecule has 0 fully saturated rings. The summed E-state index contributed by atoms with van der Waals surface area (Å²) in [5, 5.41) is 8.41. The number of thiophene rings is 1. The number of hydrogen-bond donors (Lipinski definition) is 1. The van der Waals surface area contributed by atoms with Crippen LogP contribution in [0.1, 0.15) is 36.4 Å². The number of hydrogen-bond acceptors (Lipinski definition) is 4. The van der Waals surface area contributed by atoms with Crippen LogP contribution in [-0.4, -0.2) is 11.5 Å². The van der Waals surface area contributed by atoms with Gasteiger partial charge in [-0.25, -0.2) is 4.98 Å². The van der Waals surface area contributed by atoms with E-state index in [9.17, 15) is 0 Å². The van der Waals surface area contributed by atoms with Crippen LogP contribution in [0, 0.1) is 0 Å². The molecule has 4 rings (SSSR count). The first kappa shape index (κ1) is 13.4. The third-order valence-corrected chi connectivity index (χ3v) is 6.32. The van der Waals surface area contributed by atoms with Gasteiger partial charge in [-0.2, -0.15) is 0 Å². The number of aryl methyl sites for hydroxylation is 1. The number of nitrogens with one attached hydrogen (secondary N) is 1. The molecular formula is C17H18N2S2. The molecule has 1 aliphatic carbocycles. The zero-order chi connectivity index (χ0) is 14.2. The summed E-state index contributed by atoms with van der Waals surface area (Å²) in [4.78, 5) is 6.43. The Morgan fingerprint density at radius 2 is 2.24 bits per heavy atom. The maximum atomic E-state index is 4.96. The minimum absolute atomic E-state index is 0.509. The normalized spacial score (nSPS) is 18.0. The Bertz CT molecular complexity index is 772. The highest BCUT2D eigenvalue weighted by Gasteiger charge is 2.24. The van der Waals surface area contributed by atoms with Gasteiger partial charge in [0, 0.05) is 31.9 Å². The van der Waals surface area contributed by atoms with E-state index in [0.717, 1.165) is 13.0 Å². The third kappa shape index (κ3) is 2.31. The highest BCUT2D eigenvalue weighted by molar-refractivity contribution is 7.19. The molecule has 1 atom stereocenters. The fourth-order valence-corrected chi connectivity index (χ4v) is 5.39. The summed E-state index contributed by atoms with van der Waals surface area (Å²) in [6, 6.07) is 9.14. The van der Waals surface area contributed by atoms with Crippen molar-refractivity contribution in [2.45, 2.75) is 32.2 Å². The molecule has 0 saturated carbocycles. The van der Waals surface area contributed by atoms with Gasteiger partial charge in [0.1, 0.15) is 5.01 Å². The first-order valence-electron chi connectivity index (χ1n) is 7.56. The Kier molecular flexibility index (Phi) is 3.53. The molecular weight excluding hydrogens is 296 g/mol. The van der Waals surface area contributed by atoms with Crippen molar-refractivity contribution in [3.05, 3.63) is 40.2 Å². The molecule has 1 aliphatic rings. The number of benzene rings is 1. The summed E-state index contributed by atoms with van der Waals surface area (Å²) in [6.07, 6.45) is 3.63. The van der Waals surface area contributed by atoms with Crippen molar-refractivity contribution in [2.24, 2.45) is 0 Å². The first-order valence-corrected chi connectivity index (χ1v) is 9.26. The predicted molar refractivity (Wildman–Crippen MR) is 92.3 cm³/mol. The molecule has 0 saturated heterocycles. The van der Waals surface area contributed by atoms with Crippen molar-refractivity contribution < 1.29 is 0 Å². The van der Waals surface area contributed by atoms with E-state index in [1.807, 2.05) is 22.7 Å². The smallest absolute Gasteiger partial charge is 0.125 e.